The van der Waals surface area contributed by atoms with Gasteiger partial charge in [0.05, 0.1) is 6.04 Å². The Labute approximate surface area is 108 Å². The summed E-state index contributed by atoms with van der Waals surface area (Å²) in [6, 6.07) is 7.92. The van der Waals surface area contributed by atoms with Crippen LogP contribution in [0, 0.1) is 5.92 Å². The average Bonchev–Trinajstić information content (AvgIpc) is 2.35. The first kappa shape index (κ1) is 12.0. The minimum absolute atomic E-state index is 0.0000217. The minimum atomic E-state index is -0.0589. The smallest absolute Gasteiger partial charge is 0.124 e. The number of benzene rings is 1. The third kappa shape index (κ3) is 2.38. The molecule has 0 saturated heterocycles. The van der Waals surface area contributed by atoms with Crippen LogP contribution >= 0.6 is 0 Å². The van der Waals surface area contributed by atoms with Gasteiger partial charge in [-0.05, 0) is 18.4 Å². The van der Waals surface area contributed by atoms with Crippen LogP contribution in [-0.2, 0) is 4.74 Å². The number of hydrogen-bond donors (Lipinski definition) is 1. The topological polar surface area (TPSA) is 44.5 Å². The average molecular weight is 247 g/mol. The summed E-state index contributed by atoms with van der Waals surface area (Å²) in [5.41, 5.74) is 7.32. The number of nitrogens with two attached hydrogens (primary N) is 1. The molecule has 3 nitrogen and oxygen atoms in total. The molecule has 2 N–H and O–H groups in total. The van der Waals surface area contributed by atoms with Gasteiger partial charge in [0.1, 0.15) is 18.5 Å². The lowest BCUT2D eigenvalue weighted by atomic mass is 9.83. The van der Waals surface area contributed by atoms with E-state index in [1.54, 1.807) is 0 Å². The standard InChI is InChI=1S/C15H21NO2/c16-15-12-6-1-2-7-13(12)18-10-14(15)17-9-8-11-4-3-5-11/h1-2,6-7,11,14-15H,3-5,8-10,16H2. The van der Waals surface area contributed by atoms with Crippen LogP contribution < -0.4 is 10.5 Å². The number of fused-ring (bicyclic) bond motifs is 1. The predicted octanol–water partition coefficient (Wildman–Crippen LogP) is 2.65. The Hall–Kier alpha value is -1.06. The zero-order chi connectivity index (χ0) is 12.4. The van der Waals surface area contributed by atoms with Gasteiger partial charge in [0.2, 0.25) is 0 Å². The fourth-order valence-electron chi connectivity index (χ4n) is 2.68. The van der Waals surface area contributed by atoms with Gasteiger partial charge in [-0.25, -0.2) is 0 Å². The molecule has 1 heterocycles. The maximum atomic E-state index is 6.25. The summed E-state index contributed by atoms with van der Waals surface area (Å²) in [5.74, 6) is 1.79. The van der Waals surface area contributed by atoms with Crippen LogP contribution in [0.2, 0.25) is 0 Å². The van der Waals surface area contributed by atoms with Gasteiger partial charge in [-0.15, -0.1) is 0 Å². The summed E-state index contributed by atoms with van der Waals surface area (Å²) in [4.78, 5) is 0. The Morgan fingerprint density at radius 3 is 2.89 bits per heavy atom. The first-order valence-corrected chi connectivity index (χ1v) is 6.93. The lowest BCUT2D eigenvalue weighted by molar-refractivity contribution is -0.0152. The van der Waals surface area contributed by atoms with Crippen LogP contribution in [0.5, 0.6) is 5.75 Å². The van der Waals surface area contributed by atoms with E-state index in [1.807, 2.05) is 24.3 Å². The number of para-hydroxylation sites is 1. The SMILES string of the molecule is NC1c2ccccc2OCC1OCCC1CCC1. The van der Waals surface area contributed by atoms with Gasteiger partial charge in [0.25, 0.3) is 0 Å². The molecule has 2 unspecified atom stereocenters. The van der Waals surface area contributed by atoms with Gasteiger partial charge < -0.3 is 15.2 Å². The molecule has 0 amide bonds. The van der Waals surface area contributed by atoms with E-state index in [4.69, 9.17) is 15.2 Å². The first-order chi connectivity index (χ1) is 8.84. The molecule has 1 aliphatic carbocycles. The minimum Gasteiger partial charge on any atom is -0.490 e. The fourth-order valence-corrected chi connectivity index (χ4v) is 2.68. The van der Waals surface area contributed by atoms with Crippen molar-refractivity contribution >= 4 is 0 Å². The van der Waals surface area contributed by atoms with Crippen molar-refractivity contribution in [3.05, 3.63) is 29.8 Å². The molecule has 0 bridgehead atoms. The second kappa shape index (κ2) is 5.29. The molecule has 1 fully saturated rings. The highest BCUT2D eigenvalue weighted by Gasteiger charge is 2.28. The van der Waals surface area contributed by atoms with Crippen molar-refractivity contribution in [2.75, 3.05) is 13.2 Å². The summed E-state index contributed by atoms with van der Waals surface area (Å²) in [6.45, 7) is 1.39. The van der Waals surface area contributed by atoms with Crippen LogP contribution in [0.4, 0.5) is 0 Å². The van der Waals surface area contributed by atoms with Crippen molar-refractivity contribution in [3.63, 3.8) is 0 Å². The van der Waals surface area contributed by atoms with Crippen LogP contribution in [0.3, 0.4) is 0 Å². The molecule has 0 radical (unpaired) electrons. The van der Waals surface area contributed by atoms with E-state index in [0.717, 1.165) is 23.8 Å². The second-order valence-corrected chi connectivity index (χ2v) is 5.37. The molecule has 3 heteroatoms. The normalized spacial score (nSPS) is 27.2. The van der Waals surface area contributed by atoms with Crippen molar-refractivity contribution < 1.29 is 9.47 Å². The van der Waals surface area contributed by atoms with Gasteiger partial charge in [-0.1, -0.05) is 37.5 Å². The molecule has 1 aromatic carbocycles. The third-order valence-electron chi connectivity index (χ3n) is 4.16. The molecular weight excluding hydrogens is 226 g/mol. The number of hydrogen-bond acceptors (Lipinski definition) is 3. The quantitative estimate of drug-likeness (QED) is 0.889. The summed E-state index contributed by atoms with van der Waals surface area (Å²) in [5, 5.41) is 0. The molecule has 3 rings (SSSR count). The number of ether oxygens (including phenoxy) is 2. The highest BCUT2D eigenvalue weighted by molar-refractivity contribution is 5.38. The van der Waals surface area contributed by atoms with E-state index < -0.39 is 0 Å². The zero-order valence-electron chi connectivity index (χ0n) is 10.7. The van der Waals surface area contributed by atoms with Crippen molar-refractivity contribution in [3.8, 4) is 5.75 Å². The fraction of sp³-hybridized carbons (Fsp3) is 0.600. The number of rotatable bonds is 4. The van der Waals surface area contributed by atoms with Crippen LogP contribution in [0.25, 0.3) is 0 Å². The molecule has 0 spiro atoms. The molecule has 18 heavy (non-hydrogen) atoms. The van der Waals surface area contributed by atoms with Gasteiger partial charge >= 0.3 is 0 Å². The summed E-state index contributed by atoms with van der Waals surface area (Å²) < 4.78 is 11.6. The summed E-state index contributed by atoms with van der Waals surface area (Å²) in [6.07, 6.45) is 5.31. The largest absolute Gasteiger partial charge is 0.490 e. The zero-order valence-corrected chi connectivity index (χ0v) is 10.7. The van der Waals surface area contributed by atoms with E-state index >= 15 is 0 Å². The Morgan fingerprint density at radius 2 is 2.11 bits per heavy atom. The first-order valence-electron chi connectivity index (χ1n) is 6.93. The highest BCUT2D eigenvalue weighted by Crippen LogP contribution is 2.33. The van der Waals surface area contributed by atoms with E-state index in [1.165, 1.54) is 25.7 Å². The molecular formula is C15H21NO2. The third-order valence-corrected chi connectivity index (χ3v) is 4.16. The Morgan fingerprint density at radius 1 is 1.28 bits per heavy atom. The van der Waals surface area contributed by atoms with Crippen LogP contribution in [0.15, 0.2) is 24.3 Å². The van der Waals surface area contributed by atoms with Crippen molar-refractivity contribution in [1.29, 1.82) is 0 Å². The molecule has 1 aromatic rings. The maximum absolute atomic E-state index is 6.25. The second-order valence-electron chi connectivity index (χ2n) is 5.37. The van der Waals surface area contributed by atoms with Gasteiger partial charge in [-0.2, -0.15) is 0 Å². The Kier molecular flexibility index (Phi) is 3.52. The van der Waals surface area contributed by atoms with E-state index in [2.05, 4.69) is 0 Å². The monoisotopic (exact) mass is 247 g/mol. The summed E-state index contributed by atoms with van der Waals surface area (Å²) in [7, 11) is 0. The van der Waals surface area contributed by atoms with Crippen molar-refractivity contribution in [2.45, 2.75) is 37.8 Å². The Balaban J connectivity index is 1.54. The van der Waals surface area contributed by atoms with Crippen LogP contribution in [-0.4, -0.2) is 19.3 Å². The molecule has 1 aliphatic heterocycles. The highest BCUT2D eigenvalue weighted by atomic mass is 16.5. The predicted molar refractivity (Wildman–Crippen MR) is 70.6 cm³/mol. The van der Waals surface area contributed by atoms with Gasteiger partial charge in [0.15, 0.2) is 0 Å². The molecule has 98 valence electrons. The van der Waals surface area contributed by atoms with Crippen molar-refractivity contribution in [1.82, 2.24) is 0 Å². The van der Waals surface area contributed by atoms with E-state index in [0.29, 0.717) is 6.61 Å². The Bertz CT molecular complexity index is 403. The van der Waals surface area contributed by atoms with Crippen LogP contribution in [0.1, 0.15) is 37.3 Å². The molecule has 2 atom stereocenters. The maximum Gasteiger partial charge on any atom is 0.124 e. The summed E-state index contributed by atoms with van der Waals surface area (Å²) >= 11 is 0. The van der Waals surface area contributed by atoms with E-state index in [-0.39, 0.29) is 12.1 Å². The molecule has 1 saturated carbocycles. The van der Waals surface area contributed by atoms with Crippen molar-refractivity contribution in [2.24, 2.45) is 11.7 Å². The lowest BCUT2D eigenvalue weighted by Crippen LogP contribution is -2.38. The lowest BCUT2D eigenvalue weighted by Gasteiger charge is -2.32. The molecule has 2 aliphatic rings. The van der Waals surface area contributed by atoms with E-state index in [9.17, 15) is 0 Å². The van der Waals surface area contributed by atoms with Gasteiger partial charge in [-0.3, -0.25) is 0 Å². The van der Waals surface area contributed by atoms with Gasteiger partial charge in [0, 0.05) is 12.2 Å². The molecule has 0 aromatic heterocycles.